The molecule has 20 heavy (non-hydrogen) atoms. The molecule has 0 aromatic heterocycles. The number of ketones is 1. The Labute approximate surface area is 130 Å². The van der Waals surface area contributed by atoms with Crippen molar-refractivity contribution in [2.24, 2.45) is 0 Å². The maximum absolute atomic E-state index is 12.2. The molecule has 0 aliphatic carbocycles. The second kappa shape index (κ2) is 6.20. The second-order valence-corrected chi connectivity index (χ2v) is 5.54. The molecule has 5 heteroatoms. The topological polar surface area (TPSA) is 46.2 Å². The Morgan fingerprint density at radius 2 is 1.90 bits per heavy atom. The molecule has 0 saturated heterocycles. The lowest BCUT2D eigenvalue weighted by atomic mass is 10.1. The van der Waals surface area contributed by atoms with Crippen LogP contribution in [0.1, 0.15) is 27.6 Å². The van der Waals surface area contributed by atoms with Gasteiger partial charge in [-0.05, 0) is 37.3 Å². The van der Waals surface area contributed by atoms with Gasteiger partial charge in [0.25, 0.3) is 5.91 Å². The zero-order chi connectivity index (χ0) is 14.7. The third-order valence-corrected chi connectivity index (χ3v) is 3.52. The van der Waals surface area contributed by atoms with Gasteiger partial charge in [0.2, 0.25) is 0 Å². The maximum atomic E-state index is 12.2. The molecule has 3 nitrogen and oxygen atoms in total. The molecule has 2 aromatic rings. The molecule has 0 spiro atoms. The first-order valence-electron chi connectivity index (χ1n) is 5.85. The summed E-state index contributed by atoms with van der Waals surface area (Å²) in [7, 11) is 0. The summed E-state index contributed by atoms with van der Waals surface area (Å²) in [5.74, 6) is -0.376. The summed E-state index contributed by atoms with van der Waals surface area (Å²) >= 11 is 9.30. The van der Waals surface area contributed by atoms with E-state index in [0.717, 1.165) is 4.47 Å². The van der Waals surface area contributed by atoms with E-state index >= 15 is 0 Å². The quantitative estimate of drug-likeness (QED) is 0.823. The summed E-state index contributed by atoms with van der Waals surface area (Å²) in [6, 6.07) is 11.8. The molecule has 0 fully saturated rings. The van der Waals surface area contributed by atoms with Crippen molar-refractivity contribution >= 4 is 44.9 Å². The van der Waals surface area contributed by atoms with Crippen LogP contribution < -0.4 is 5.32 Å². The molecule has 2 rings (SSSR count). The Morgan fingerprint density at radius 1 is 1.15 bits per heavy atom. The van der Waals surface area contributed by atoms with Crippen LogP contribution in [0.5, 0.6) is 0 Å². The molecular formula is C15H11BrClNO2. The van der Waals surface area contributed by atoms with E-state index in [9.17, 15) is 9.59 Å². The number of amides is 1. The van der Waals surface area contributed by atoms with Gasteiger partial charge in [-0.3, -0.25) is 9.59 Å². The van der Waals surface area contributed by atoms with Gasteiger partial charge < -0.3 is 5.32 Å². The van der Waals surface area contributed by atoms with E-state index in [0.29, 0.717) is 21.8 Å². The molecule has 0 aliphatic rings. The number of nitrogens with one attached hydrogen (secondary N) is 1. The van der Waals surface area contributed by atoms with E-state index in [1.807, 2.05) is 0 Å². The van der Waals surface area contributed by atoms with E-state index in [2.05, 4.69) is 21.2 Å². The zero-order valence-corrected chi connectivity index (χ0v) is 13.0. The van der Waals surface area contributed by atoms with Gasteiger partial charge in [0.15, 0.2) is 5.78 Å². The van der Waals surface area contributed by atoms with Gasteiger partial charge in [-0.2, -0.15) is 0 Å². The van der Waals surface area contributed by atoms with Crippen LogP contribution in [0.15, 0.2) is 46.9 Å². The summed E-state index contributed by atoms with van der Waals surface area (Å²) in [6.45, 7) is 1.48. The zero-order valence-electron chi connectivity index (χ0n) is 10.6. The molecule has 1 amide bonds. The van der Waals surface area contributed by atoms with E-state index in [1.54, 1.807) is 42.5 Å². The van der Waals surface area contributed by atoms with Crippen LogP contribution >= 0.6 is 27.5 Å². The van der Waals surface area contributed by atoms with Crippen LogP contribution in [0.3, 0.4) is 0 Å². The van der Waals surface area contributed by atoms with E-state index < -0.39 is 0 Å². The molecular weight excluding hydrogens is 342 g/mol. The third-order valence-electron chi connectivity index (χ3n) is 2.70. The summed E-state index contributed by atoms with van der Waals surface area (Å²) in [4.78, 5) is 23.5. The van der Waals surface area contributed by atoms with Gasteiger partial charge in [-0.15, -0.1) is 0 Å². The summed E-state index contributed by atoms with van der Waals surface area (Å²) < 4.78 is 0.768. The standard InChI is InChI=1S/C15H11BrClNO2/c1-9(19)10-3-2-4-12(7-10)18-15(20)13-8-11(16)5-6-14(13)17/h2-8H,1H3,(H,18,20). The summed E-state index contributed by atoms with van der Waals surface area (Å²) in [6.07, 6.45) is 0. The van der Waals surface area contributed by atoms with Gasteiger partial charge in [0, 0.05) is 15.7 Å². The highest BCUT2D eigenvalue weighted by molar-refractivity contribution is 9.10. The van der Waals surface area contributed by atoms with E-state index in [-0.39, 0.29) is 11.7 Å². The minimum Gasteiger partial charge on any atom is -0.322 e. The molecule has 0 aliphatic heterocycles. The molecule has 0 radical (unpaired) electrons. The fraction of sp³-hybridized carbons (Fsp3) is 0.0667. The first kappa shape index (κ1) is 14.8. The first-order chi connectivity index (χ1) is 9.47. The summed E-state index contributed by atoms with van der Waals surface area (Å²) in [5, 5.41) is 3.09. The number of carbonyl (C=O) groups excluding carboxylic acids is 2. The minimum absolute atomic E-state index is 0.0541. The van der Waals surface area contributed by atoms with Gasteiger partial charge in [0.1, 0.15) is 0 Å². The molecule has 0 atom stereocenters. The Hall–Kier alpha value is -1.65. The smallest absolute Gasteiger partial charge is 0.257 e. The van der Waals surface area contributed by atoms with Gasteiger partial charge in [0.05, 0.1) is 10.6 Å². The Bertz CT molecular complexity index is 685. The van der Waals surface area contributed by atoms with E-state index in [1.165, 1.54) is 6.92 Å². The van der Waals surface area contributed by atoms with Gasteiger partial charge in [-0.25, -0.2) is 0 Å². The van der Waals surface area contributed by atoms with Crippen molar-refractivity contribution in [1.29, 1.82) is 0 Å². The first-order valence-corrected chi connectivity index (χ1v) is 7.02. The predicted molar refractivity (Wildman–Crippen MR) is 83.6 cm³/mol. The lowest BCUT2D eigenvalue weighted by molar-refractivity contribution is 0.101. The van der Waals surface area contributed by atoms with Crippen molar-refractivity contribution in [3.05, 3.63) is 63.1 Å². The number of anilines is 1. The SMILES string of the molecule is CC(=O)c1cccc(NC(=O)c2cc(Br)ccc2Cl)c1. The lowest BCUT2D eigenvalue weighted by Crippen LogP contribution is -2.12. The Morgan fingerprint density at radius 3 is 2.60 bits per heavy atom. The Balaban J connectivity index is 2.25. The lowest BCUT2D eigenvalue weighted by Gasteiger charge is -2.08. The fourth-order valence-corrected chi connectivity index (χ4v) is 2.25. The number of carbonyl (C=O) groups is 2. The maximum Gasteiger partial charge on any atom is 0.257 e. The van der Waals surface area contributed by atoms with Crippen LogP contribution in [0.25, 0.3) is 0 Å². The monoisotopic (exact) mass is 351 g/mol. The number of hydrogen-bond donors (Lipinski definition) is 1. The molecule has 0 heterocycles. The molecule has 0 unspecified atom stereocenters. The number of halogens is 2. The van der Waals surface area contributed by atoms with Gasteiger partial charge in [-0.1, -0.05) is 39.7 Å². The Kier molecular flexibility index (Phi) is 4.57. The van der Waals surface area contributed by atoms with Crippen molar-refractivity contribution in [3.8, 4) is 0 Å². The highest BCUT2D eigenvalue weighted by Crippen LogP contribution is 2.22. The third kappa shape index (κ3) is 3.46. The number of rotatable bonds is 3. The van der Waals surface area contributed by atoms with Crippen molar-refractivity contribution < 1.29 is 9.59 Å². The predicted octanol–water partition coefficient (Wildman–Crippen LogP) is 4.56. The van der Waals surface area contributed by atoms with Gasteiger partial charge >= 0.3 is 0 Å². The van der Waals surface area contributed by atoms with Crippen molar-refractivity contribution in [1.82, 2.24) is 0 Å². The van der Waals surface area contributed by atoms with Crippen LogP contribution in [0.2, 0.25) is 5.02 Å². The second-order valence-electron chi connectivity index (χ2n) is 4.22. The van der Waals surface area contributed by atoms with Crippen molar-refractivity contribution in [2.75, 3.05) is 5.32 Å². The largest absolute Gasteiger partial charge is 0.322 e. The fourth-order valence-electron chi connectivity index (χ4n) is 1.69. The highest BCUT2D eigenvalue weighted by atomic mass is 79.9. The van der Waals surface area contributed by atoms with Crippen LogP contribution in [0.4, 0.5) is 5.69 Å². The molecule has 102 valence electrons. The van der Waals surface area contributed by atoms with Crippen LogP contribution in [-0.2, 0) is 0 Å². The molecule has 1 N–H and O–H groups in total. The van der Waals surface area contributed by atoms with Crippen molar-refractivity contribution in [3.63, 3.8) is 0 Å². The van der Waals surface area contributed by atoms with Crippen molar-refractivity contribution in [2.45, 2.75) is 6.92 Å². The molecule has 0 saturated carbocycles. The van der Waals surface area contributed by atoms with Crippen LogP contribution in [-0.4, -0.2) is 11.7 Å². The summed E-state index contributed by atoms with van der Waals surface area (Å²) in [5.41, 5.74) is 1.47. The average Bonchev–Trinajstić information content (AvgIpc) is 2.41. The van der Waals surface area contributed by atoms with Crippen LogP contribution in [0, 0.1) is 0 Å². The number of hydrogen-bond acceptors (Lipinski definition) is 2. The van der Waals surface area contributed by atoms with E-state index in [4.69, 9.17) is 11.6 Å². The average molecular weight is 353 g/mol. The number of benzene rings is 2. The number of Topliss-reactive ketones (excluding diaryl/α,β-unsaturated/α-hetero) is 1. The minimum atomic E-state index is -0.322. The molecule has 2 aromatic carbocycles. The molecule has 0 bridgehead atoms. The highest BCUT2D eigenvalue weighted by Gasteiger charge is 2.11. The normalized spacial score (nSPS) is 10.2.